The van der Waals surface area contributed by atoms with Crippen LogP contribution >= 0.6 is 0 Å². The summed E-state index contributed by atoms with van der Waals surface area (Å²) >= 11 is 0. The molecule has 3 aromatic rings. The fraction of sp³-hybridized carbons (Fsp3) is 0. The van der Waals surface area contributed by atoms with E-state index in [4.69, 9.17) is 0 Å². The maximum absolute atomic E-state index is 11.2. The summed E-state index contributed by atoms with van der Waals surface area (Å²) in [5.74, 6) is -1.27. The number of phenols is 1. The van der Waals surface area contributed by atoms with Crippen LogP contribution in [0.4, 0.5) is 11.5 Å². The second kappa shape index (κ2) is 5.61. The predicted molar refractivity (Wildman–Crippen MR) is 81.0 cm³/mol. The number of carboxylic acid groups (broad SMARTS) is 1. The van der Waals surface area contributed by atoms with Gasteiger partial charge in [0.2, 0.25) is 0 Å². The summed E-state index contributed by atoms with van der Waals surface area (Å²) in [4.78, 5) is 15.2. The van der Waals surface area contributed by atoms with Crippen molar-refractivity contribution in [1.29, 1.82) is 0 Å². The molecule has 0 aliphatic heterocycles. The van der Waals surface area contributed by atoms with Gasteiger partial charge >= 0.3 is 5.97 Å². The topological polar surface area (TPSA) is 95.1 Å². The van der Waals surface area contributed by atoms with Crippen molar-refractivity contribution in [3.8, 4) is 5.75 Å². The molecule has 2 N–H and O–H groups in total. The molecule has 6 heteroatoms. The third kappa shape index (κ3) is 2.49. The third-order valence-electron chi connectivity index (χ3n) is 3.13. The van der Waals surface area contributed by atoms with Crippen LogP contribution in [0.1, 0.15) is 10.4 Å². The number of fused-ring (bicyclic) bond motifs is 1. The lowest BCUT2D eigenvalue weighted by atomic mass is 10.0. The Bertz CT molecular complexity index is 876. The summed E-state index contributed by atoms with van der Waals surface area (Å²) in [7, 11) is 0. The first-order valence-corrected chi connectivity index (χ1v) is 6.47. The highest BCUT2D eigenvalue weighted by Gasteiger charge is 2.17. The van der Waals surface area contributed by atoms with E-state index in [1.165, 1.54) is 6.07 Å². The summed E-state index contributed by atoms with van der Waals surface area (Å²) in [6.07, 6.45) is 1.57. The van der Waals surface area contributed by atoms with Gasteiger partial charge in [-0.1, -0.05) is 30.3 Å². The number of aromatic carboxylic acids is 1. The number of rotatable bonds is 3. The Morgan fingerprint density at radius 1 is 1.05 bits per heavy atom. The van der Waals surface area contributed by atoms with Crippen molar-refractivity contribution >= 4 is 28.2 Å². The van der Waals surface area contributed by atoms with E-state index in [2.05, 4.69) is 15.2 Å². The lowest BCUT2D eigenvalue weighted by Crippen LogP contribution is -1.97. The van der Waals surface area contributed by atoms with E-state index in [1.54, 1.807) is 48.7 Å². The lowest BCUT2D eigenvalue weighted by Gasteiger charge is -2.07. The first-order valence-electron chi connectivity index (χ1n) is 6.47. The van der Waals surface area contributed by atoms with Gasteiger partial charge in [-0.05, 0) is 23.6 Å². The van der Waals surface area contributed by atoms with Crippen LogP contribution in [0.25, 0.3) is 10.8 Å². The van der Waals surface area contributed by atoms with Gasteiger partial charge in [-0.2, -0.15) is 0 Å². The summed E-state index contributed by atoms with van der Waals surface area (Å²) in [5, 5.41) is 28.6. The molecule has 1 aromatic heterocycles. The Labute approximate surface area is 125 Å². The van der Waals surface area contributed by atoms with Gasteiger partial charge in [0.05, 0.1) is 0 Å². The average molecular weight is 293 g/mol. The largest absolute Gasteiger partial charge is 0.505 e. The van der Waals surface area contributed by atoms with Crippen LogP contribution in [0.2, 0.25) is 0 Å². The summed E-state index contributed by atoms with van der Waals surface area (Å²) in [6.45, 7) is 0. The van der Waals surface area contributed by atoms with Crippen LogP contribution in [-0.2, 0) is 0 Å². The number of hydrogen-bond acceptors (Lipinski definition) is 5. The predicted octanol–water partition coefficient (Wildman–Crippen LogP) is 4.05. The van der Waals surface area contributed by atoms with Gasteiger partial charge in [-0.3, -0.25) is 0 Å². The van der Waals surface area contributed by atoms with Crippen LogP contribution in [0, 0.1) is 0 Å². The molecule has 108 valence electrons. The number of nitrogens with zero attached hydrogens (tertiary/aromatic N) is 3. The van der Waals surface area contributed by atoms with E-state index < -0.39 is 11.7 Å². The highest BCUT2D eigenvalue weighted by atomic mass is 16.4. The molecule has 3 rings (SSSR count). The fourth-order valence-corrected chi connectivity index (χ4v) is 2.10. The first kappa shape index (κ1) is 13.7. The normalized spacial score (nSPS) is 11.1. The Hall–Kier alpha value is -3.28. The summed E-state index contributed by atoms with van der Waals surface area (Å²) < 4.78 is 0. The second-order valence-electron chi connectivity index (χ2n) is 4.54. The molecule has 0 unspecified atom stereocenters. The molecule has 0 spiro atoms. The number of hydrogen-bond donors (Lipinski definition) is 2. The highest BCUT2D eigenvalue weighted by molar-refractivity contribution is 6.04. The average Bonchev–Trinajstić information content (AvgIpc) is 2.54. The molecule has 6 nitrogen and oxygen atoms in total. The first-order chi connectivity index (χ1) is 10.7. The molecular formula is C16H11N3O3. The van der Waals surface area contributed by atoms with Gasteiger partial charge in [0.25, 0.3) is 0 Å². The van der Waals surface area contributed by atoms with E-state index in [1.807, 2.05) is 0 Å². The number of azo groups is 1. The number of aromatic nitrogens is 1. The van der Waals surface area contributed by atoms with Crippen molar-refractivity contribution in [2.24, 2.45) is 10.2 Å². The quantitative estimate of drug-likeness (QED) is 0.712. The van der Waals surface area contributed by atoms with E-state index in [0.717, 1.165) is 0 Å². The molecule has 0 bridgehead atoms. The fourth-order valence-electron chi connectivity index (χ4n) is 2.10. The van der Waals surface area contributed by atoms with Crippen molar-refractivity contribution in [2.45, 2.75) is 0 Å². The van der Waals surface area contributed by atoms with Crippen molar-refractivity contribution in [1.82, 2.24) is 4.98 Å². The molecule has 0 fully saturated rings. The molecule has 0 atom stereocenters. The van der Waals surface area contributed by atoms with Gasteiger partial charge in [-0.15, -0.1) is 10.2 Å². The van der Waals surface area contributed by atoms with Crippen molar-refractivity contribution in [2.75, 3.05) is 0 Å². The van der Waals surface area contributed by atoms with Crippen LogP contribution in [0.15, 0.2) is 65.0 Å². The Morgan fingerprint density at radius 2 is 1.82 bits per heavy atom. The molecule has 0 saturated carbocycles. The van der Waals surface area contributed by atoms with Gasteiger partial charge in [0, 0.05) is 11.6 Å². The number of carboxylic acids is 1. The van der Waals surface area contributed by atoms with Gasteiger partial charge < -0.3 is 10.2 Å². The van der Waals surface area contributed by atoms with E-state index in [0.29, 0.717) is 16.6 Å². The monoisotopic (exact) mass is 293 g/mol. The molecule has 0 amide bonds. The van der Waals surface area contributed by atoms with Crippen LogP contribution in [-0.4, -0.2) is 21.2 Å². The summed E-state index contributed by atoms with van der Waals surface area (Å²) in [5.41, 5.74) is -0.102. The van der Waals surface area contributed by atoms with E-state index in [9.17, 15) is 15.0 Å². The Kier molecular flexibility index (Phi) is 3.49. The highest BCUT2D eigenvalue weighted by Crippen LogP contribution is 2.39. The minimum Gasteiger partial charge on any atom is -0.505 e. The van der Waals surface area contributed by atoms with Gasteiger partial charge in [0.15, 0.2) is 11.6 Å². The smallest absolute Gasteiger partial charge is 0.339 e. The zero-order valence-electron chi connectivity index (χ0n) is 11.3. The maximum Gasteiger partial charge on any atom is 0.339 e. The number of aromatic hydroxyl groups is 1. The minimum atomic E-state index is -1.22. The second-order valence-corrected chi connectivity index (χ2v) is 4.54. The SMILES string of the molecule is O=C(O)c1cc2ccccc2c(/N=N/c2ccccn2)c1O. The number of carbonyl (C=O) groups is 1. The lowest BCUT2D eigenvalue weighted by molar-refractivity contribution is 0.0694. The molecule has 0 aliphatic carbocycles. The van der Waals surface area contributed by atoms with Crippen molar-refractivity contribution in [3.63, 3.8) is 0 Å². The van der Waals surface area contributed by atoms with E-state index >= 15 is 0 Å². The third-order valence-corrected chi connectivity index (χ3v) is 3.13. The van der Waals surface area contributed by atoms with E-state index in [-0.39, 0.29) is 11.3 Å². The zero-order chi connectivity index (χ0) is 15.5. The van der Waals surface area contributed by atoms with Crippen LogP contribution < -0.4 is 0 Å². The van der Waals surface area contributed by atoms with Gasteiger partial charge in [-0.25, -0.2) is 9.78 Å². The molecule has 22 heavy (non-hydrogen) atoms. The standard InChI is InChI=1S/C16H11N3O3/c20-15-12(16(21)22)9-10-5-1-2-6-11(10)14(15)19-18-13-7-3-4-8-17-13/h1-9,20H,(H,21,22)/b19-18+. The Balaban J connectivity index is 2.20. The maximum atomic E-state index is 11.2. The zero-order valence-corrected chi connectivity index (χ0v) is 11.3. The molecular weight excluding hydrogens is 282 g/mol. The number of benzene rings is 2. The minimum absolute atomic E-state index is 0.112. The molecule has 0 aliphatic rings. The summed E-state index contributed by atoms with van der Waals surface area (Å²) in [6, 6.07) is 13.6. The molecule has 2 aromatic carbocycles. The molecule has 0 saturated heterocycles. The number of pyridine rings is 1. The molecule has 1 heterocycles. The van der Waals surface area contributed by atoms with Crippen LogP contribution in [0.3, 0.4) is 0 Å². The van der Waals surface area contributed by atoms with Gasteiger partial charge in [0.1, 0.15) is 11.3 Å². The molecule has 0 radical (unpaired) electrons. The van der Waals surface area contributed by atoms with Crippen LogP contribution in [0.5, 0.6) is 5.75 Å². The van der Waals surface area contributed by atoms with Crippen molar-refractivity contribution in [3.05, 3.63) is 60.3 Å². The van der Waals surface area contributed by atoms with Crippen molar-refractivity contribution < 1.29 is 15.0 Å². The Morgan fingerprint density at radius 3 is 2.55 bits per heavy atom.